The van der Waals surface area contributed by atoms with E-state index in [1.807, 2.05) is 6.92 Å². The number of carboxylic acid groups (broad SMARTS) is 2. The lowest BCUT2D eigenvalue weighted by atomic mass is 9.68. The summed E-state index contributed by atoms with van der Waals surface area (Å²) >= 11 is 0. The Kier molecular flexibility index (Phi) is 15.1. The van der Waals surface area contributed by atoms with Gasteiger partial charge < -0.3 is 30.3 Å². The molecule has 7 atom stereocenters. The minimum atomic E-state index is -1.44. The van der Waals surface area contributed by atoms with Crippen LogP contribution in [0.2, 0.25) is 0 Å². The van der Waals surface area contributed by atoms with E-state index in [4.69, 9.17) is 4.74 Å². The van der Waals surface area contributed by atoms with Crippen LogP contribution < -0.4 is 10.6 Å². The minimum absolute atomic E-state index is 0.320. The van der Waals surface area contributed by atoms with Crippen molar-refractivity contribution in [3.8, 4) is 0 Å². The van der Waals surface area contributed by atoms with E-state index in [9.17, 15) is 39.0 Å². The highest BCUT2D eigenvalue weighted by atomic mass is 16.5. The largest absolute Gasteiger partial charge is 0.481 e. The lowest BCUT2D eigenvalue weighted by Crippen LogP contribution is -2.50. The van der Waals surface area contributed by atoms with E-state index in [0.717, 1.165) is 7.11 Å². The molecular formula is C35H46N2O10. The number of amides is 2. The summed E-state index contributed by atoms with van der Waals surface area (Å²) in [5.74, 6) is -13.0. The zero-order chi connectivity index (χ0) is 35.3. The number of benzene rings is 2. The molecule has 0 aromatic heterocycles. The van der Waals surface area contributed by atoms with Gasteiger partial charge in [0.05, 0.1) is 37.9 Å². The van der Waals surface area contributed by atoms with Crippen LogP contribution in [0.3, 0.4) is 0 Å². The number of esters is 2. The number of carbonyl (C=O) groups is 6. The summed E-state index contributed by atoms with van der Waals surface area (Å²) in [6.07, 6.45) is 0.0318. The highest BCUT2D eigenvalue weighted by Gasteiger charge is 2.46. The fourth-order valence-corrected chi connectivity index (χ4v) is 6.04. The van der Waals surface area contributed by atoms with Crippen molar-refractivity contribution >= 4 is 35.7 Å². The van der Waals surface area contributed by atoms with E-state index in [0.29, 0.717) is 17.5 Å². The number of aliphatic carboxylic acids is 2. The average molecular weight is 655 g/mol. The van der Waals surface area contributed by atoms with Gasteiger partial charge in [0.2, 0.25) is 11.8 Å². The molecule has 0 aliphatic rings. The van der Waals surface area contributed by atoms with Crippen LogP contribution in [-0.4, -0.2) is 72.7 Å². The fraction of sp³-hybridized carbons (Fsp3) is 0.486. The summed E-state index contributed by atoms with van der Waals surface area (Å²) in [5.41, 5.74) is 1.18. The molecule has 0 aliphatic carbocycles. The predicted octanol–water partition coefficient (Wildman–Crippen LogP) is 3.61. The molecule has 2 aromatic carbocycles. The number of hydrogen-bond acceptors (Lipinski definition) is 8. The molecule has 4 N–H and O–H groups in total. The van der Waals surface area contributed by atoms with Crippen LogP contribution in [-0.2, 0) is 38.2 Å². The first-order chi connectivity index (χ1) is 22.3. The molecule has 47 heavy (non-hydrogen) atoms. The maximum Gasteiger partial charge on any atom is 0.328 e. The first kappa shape index (κ1) is 38.4. The molecule has 0 aliphatic heterocycles. The van der Waals surface area contributed by atoms with Crippen LogP contribution in [0.15, 0.2) is 60.7 Å². The summed E-state index contributed by atoms with van der Waals surface area (Å²) < 4.78 is 9.52. The van der Waals surface area contributed by atoms with Crippen molar-refractivity contribution in [1.29, 1.82) is 0 Å². The summed E-state index contributed by atoms with van der Waals surface area (Å²) in [7, 11) is 2.34. The third-order valence-electron chi connectivity index (χ3n) is 8.61. The highest BCUT2D eigenvalue weighted by molar-refractivity contribution is 5.90. The molecule has 0 spiro atoms. The number of ether oxygens (including phenoxy) is 2. The van der Waals surface area contributed by atoms with Crippen molar-refractivity contribution in [3.63, 3.8) is 0 Å². The summed E-state index contributed by atoms with van der Waals surface area (Å²) in [6, 6.07) is 16.2. The quantitative estimate of drug-likeness (QED) is 0.173. The Morgan fingerprint density at radius 1 is 0.723 bits per heavy atom. The standard InChI is InChI=1S/C35H46N2O10/c1-7-24(22-14-10-8-11-15-22)29(31(39)36-19-27(38)46-5)26(34(43)44)18-25(23-16-12-9-13-17-23)28(21(4)33(41)42)32(40)37-30(20(2)3)35(45)47-6/h8-17,20-21,24-26,28-30H,7,18-19H2,1-6H3,(H,36,39)(H,37,40)(H,41,42)(H,43,44). The Morgan fingerprint density at radius 2 is 1.26 bits per heavy atom. The van der Waals surface area contributed by atoms with E-state index >= 15 is 0 Å². The van der Waals surface area contributed by atoms with Crippen molar-refractivity contribution in [3.05, 3.63) is 71.8 Å². The lowest BCUT2D eigenvalue weighted by molar-refractivity contribution is -0.151. The summed E-state index contributed by atoms with van der Waals surface area (Å²) in [6.45, 7) is 6.06. The molecule has 0 bridgehead atoms. The summed E-state index contributed by atoms with van der Waals surface area (Å²) in [4.78, 5) is 78.1. The molecular weight excluding hydrogens is 608 g/mol. The van der Waals surface area contributed by atoms with Gasteiger partial charge in [0.1, 0.15) is 12.6 Å². The maximum absolute atomic E-state index is 14.1. The van der Waals surface area contributed by atoms with Gasteiger partial charge in [-0.1, -0.05) is 88.4 Å². The van der Waals surface area contributed by atoms with Gasteiger partial charge in [-0.05, 0) is 41.7 Å². The van der Waals surface area contributed by atoms with Gasteiger partial charge in [-0.25, -0.2) is 4.79 Å². The SMILES string of the molecule is CCC(c1ccccc1)C(C(=O)NCC(=O)OC)C(CC(c1ccccc1)C(C(=O)NC(C(=O)OC)C(C)C)C(C)C(=O)O)C(=O)O. The third kappa shape index (κ3) is 10.4. The van der Waals surface area contributed by atoms with Crippen molar-refractivity contribution in [1.82, 2.24) is 10.6 Å². The number of nitrogens with one attached hydrogen (secondary N) is 2. The van der Waals surface area contributed by atoms with E-state index < -0.39 is 89.7 Å². The summed E-state index contributed by atoms with van der Waals surface area (Å²) in [5, 5.41) is 26.1. The van der Waals surface area contributed by atoms with Crippen LogP contribution in [0, 0.1) is 29.6 Å². The number of carboxylic acids is 2. The Balaban J connectivity index is 2.77. The van der Waals surface area contributed by atoms with Gasteiger partial charge in [-0.2, -0.15) is 0 Å². The van der Waals surface area contributed by atoms with Crippen molar-refractivity contribution in [2.45, 2.75) is 58.4 Å². The van der Waals surface area contributed by atoms with Crippen molar-refractivity contribution < 1.29 is 48.5 Å². The third-order valence-corrected chi connectivity index (χ3v) is 8.61. The van der Waals surface area contributed by atoms with E-state index in [2.05, 4.69) is 15.4 Å². The molecule has 0 fully saturated rings. The molecule has 0 radical (unpaired) electrons. The topological polar surface area (TPSA) is 185 Å². The number of hydrogen-bond donors (Lipinski definition) is 4. The molecule has 0 saturated heterocycles. The number of carbonyl (C=O) groups excluding carboxylic acids is 4. The molecule has 2 aromatic rings. The van der Waals surface area contributed by atoms with Crippen LogP contribution in [0.4, 0.5) is 0 Å². The second-order valence-electron chi connectivity index (χ2n) is 11.8. The molecule has 0 saturated carbocycles. The molecule has 7 unspecified atom stereocenters. The van der Waals surface area contributed by atoms with Crippen LogP contribution in [0.25, 0.3) is 0 Å². The molecule has 0 heterocycles. The fourth-order valence-electron chi connectivity index (χ4n) is 6.04. The van der Waals surface area contributed by atoms with Gasteiger partial charge in [-0.3, -0.25) is 24.0 Å². The van der Waals surface area contributed by atoms with Crippen LogP contribution in [0.1, 0.15) is 63.5 Å². The molecule has 12 heteroatoms. The van der Waals surface area contributed by atoms with Gasteiger partial charge in [0, 0.05) is 0 Å². The van der Waals surface area contributed by atoms with E-state index in [1.165, 1.54) is 14.0 Å². The van der Waals surface area contributed by atoms with Crippen LogP contribution >= 0.6 is 0 Å². The Labute approximate surface area is 275 Å². The lowest BCUT2D eigenvalue weighted by Gasteiger charge is -2.36. The first-order valence-electron chi connectivity index (χ1n) is 15.6. The van der Waals surface area contributed by atoms with Crippen LogP contribution in [0.5, 0.6) is 0 Å². The second-order valence-corrected chi connectivity index (χ2v) is 11.8. The van der Waals surface area contributed by atoms with E-state index in [1.54, 1.807) is 74.5 Å². The Bertz CT molecular complexity index is 1360. The molecule has 256 valence electrons. The molecule has 2 rings (SSSR count). The van der Waals surface area contributed by atoms with Gasteiger partial charge in [0.15, 0.2) is 0 Å². The van der Waals surface area contributed by atoms with Gasteiger partial charge >= 0.3 is 23.9 Å². The van der Waals surface area contributed by atoms with Gasteiger partial charge in [0.25, 0.3) is 0 Å². The normalized spacial score (nSPS) is 15.6. The first-order valence-corrected chi connectivity index (χ1v) is 15.6. The maximum atomic E-state index is 14.1. The van der Waals surface area contributed by atoms with Crippen molar-refractivity contribution in [2.24, 2.45) is 29.6 Å². The Hall–Kier alpha value is -4.74. The highest BCUT2D eigenvalue weighted by Crippen LogP contribution is 2.42. The number of methoxy groups -OCH3 is 2. The monoisotopic (exact) mass is 654 g/mol. The molecule has 12 nitrogen and oxygen atoms in total. The van der Waals surface area contributed by atoms with Crippen molar-refractivity contribution in [2.75, 3.05) is 20.8 Å². The van der Waals surface area contributed by atoms with E-state index in [-0.39, 0.29) is 6.42 Å². The zero-order valence-corrected chi connectivity index (χ0v) is 27.7. The predicted molar refractivity (Wildman–Crippen MR) is 172 cm³/mol. The second kappa shape index (κ2) is 18.4. The smallest absolute Gasteiger partial charge is 0.328 e. The number of rotatable bonds is 18. The minimum Gasteiger partial charge on any atom is -0.481 e. The molecule has 2 amide bonds. The van der Waals surface area contributed by atoms with Gasteiger partial charge in [-0.15, -0.1) is 0 Å². The Morgan fingerprint density at radius 3 is 1.68 bits per heavy atom. The average Bonchev–Trinajstić information content (AvgIpc) is 3.06. The zero-order valence-electron chi connectivity index (χ0n) is 27.7.